The zero-order valence-electron chi connectivity index (χ0n) is 22.2. The van der Waals surface area contributed by atoms with Crippen LogP contribution in [-0.2, 0) is 0 Å². The number of aromatic amines is 1. The van der Waals surface area contributed by atoms with Gasteiger partial charge < -0.3 is 15.3 Å². The Morgan fingerprint density at radius 1 is 1.00 bits per heavy atom. The van der Waals surface area contributed by atoms with Crippen molar-refractivity contribution in [3.8, 4) is 11.3 Å². The lowest BCUT2D eigenvalue weighted by atomic mass is 9.83. The summed E-state index contributed by atoms with van der Waals surface area (Å²) >= 11 is 0. The number of anilines is 1. The summed E-state index contributed by atoms with van der Waals surface area (Å²) in [4.78, 5) is 15.7. The SMILES string of the molecule is CC(C)(O)C1CCN(c2ccc(-c3n[nH]c4ccc(C(=O)NC(c5ccccc5)C5CC5)cc34)cc2)CC1. The Labute approximate surface area is 224 Å². The second kappa shape index (κ2) is 9.91. The van der Waals surface area contributed by atoms with E-state index in [1.54, 1.807) is 0 Å². The molecule has 1 saturated carbocycles. The minimum atomic E-state index is -0.618. The van der Waals surface area contributed by atoms with Gasteiger partial charge >= 0.3 is 0 Å². The molecular formula is C32H36N4O2. The Hall–Kier alpha value is -3.64. The summed E-state index contributed by atoms with van der Waals surface area (Å²) < 4.78 is 0. The third kappa shape index (κ3) is 5.05. The van der Waals surface area contributed by atoms with Gasteiger partial charge in [0.05, 0.1) is 22.9 Å². The van der Waals surface area contributed by atoms with Crippen molar-refractivity contribution >= 4 is 22.5 Å². The molecule has 1 aliphatic heterocycles. The Morgan fingerprint density at radius 3 is 2.37 bits per heavy atom. The fourth-order valence-electron chi connectivity index (χ4n) is 5.84. The molecule has 0 bridgehead atoms. The number of aromatic nitrogens is 2. The van der Waals surface area contributed by atoms with Crippen LogP contribution in [0, 0.1) is 11.8 Å². The first-order valence-corrected chi connectivity index (χ1v) is 13.8. The molecule has 3 N–H and O–H groups in total. The summed E-state index contributed by atoms with van der Waals surface area (Å²) in [5.74, 6) is 0.797. The highest BCUT2D eigenvalue weighted by Crippen LogP contribution is 2.41. The molecule has 6 rings (SSSR count). The monoisotopic (exact) mass is 508 g/mol. The van der Waals surface area contributed by atoms with Gasteiger partial charge in [-0.15, -0.1) is 0 Å². The number of carbonyl (C=O) groups is 1. The number of hydrogen-bond acceptors (Lipinski definition) is 4. The van der Waals surface area contributed by atoms with Crippen LogP contribution in [0.25, 0.3) is 22.2 Å². The van der Waals surface area contributed by atoms with Crippen molar-refractivity contribution in [2.24, 2.45) is 11.8 Å². The van der Waals surface area contributed by atoms with E-state index < -0.39 is 5.60 Å². The number of nitrogens with zero attached hydrogens (tertiary/aromatic N) is 2. The van der Waals surface area contributed by atoms with Crippen LogP contribution in [0.15, 0.2) is 72.8 Å². The fraction of sp³-hybridized carbons (Fsp3) is 0.375. The van der Waals surface area contributed by atoms with Gasteiger partial charge in [-0.25, -0.2) is 0 Å². The summed E-state index contributed by atoms with van der Waals surface area (Å²) in [7, 11) is 0. The molecule has 0 spiro atoms. The molecule has 2 heterocycles. The molecule has 6 nitrogen and oxygen atoms in total. The van der Waals surface area contributed by atoms with Gasteiger partial charge in [-0.3, -0.25) is 9.89 Å². The quantitative estimate of drug-likeness (QED) is 0.282. The van der Waals surface area contributed by atoms with Crippen molar-refractivity contribution in [2.45, 2.75) is 51.2 Å². The zero-order valence-corrected chi connectivity index (χ0v) is 22.2. The average molecular weight is 509 g/mol. The Kier molecular flexibility index (Phi) is 6.44. The predicted octanol–water partition coefficient (Wildman–Crippen LogP) is 6.10. The van der Waals surface area contributed by atoms with Crippen LogP contribution < -0.4 is 10.2 Å². The van der Waals surface area contributed by atoms with Crippen LogP contribution in [0.4, 0.5) is 5.69 Å². The van der Waals surface area contributed by atoms with E-state index in [-0.39, 0.29) is 11.9 Å². The normalized spacial score (nSPS) is 17.5. The molecule has 4 aromatic rings. The van der Waals surface area contributed by atoms with Gasteiger partial charge in [0.25, 0.3) is 5.91 Å². The fourth-order valence-corrected chi connectivity index (χ4v) is 5.84. The molecule has 196 valence electrons. The molecule has 1 atom stereocenters. The van der Waals surface area contributed by atoms with Crippen molar-refractivity contribution in [3.63, 3.8) is 0 Å². The van der Waals surface area contributed by atoms with Crippen LogP contribution in [0.5, 0.6) is 0 Å². The summed E-state index contributed by atoms with van der Waals surface area (Å²) in [6.07, 6.45) is 4.29. The average Bonchev–Trinajstić information content (AvgIpc) is 3.70. The van der Waals surface area contributed by atoms with Gasteiger partial charge in [-0.2, -0.15) is 5.10 Å². The molecule has 1 saturated heterocycles. The minimum Gasteiger partial charge on any atom is -0.390 e. The summed E-state index contributed by atoms with van der Waals surface area (Å²) in [5.41, 5.74) is 5.16. The van der Waals surface area contributed by atoms with E-state index in [2.05, 4.69) is 56.8 Å². The molecule has 2 aliphatic rings. The van der Waals surface area contributed by atoms with Gasteiger partial charge in [-0.05, 0) is 87.3 Å². The third-order valence-corrected chi connectivity index (χ3v) is 8.36. The van der Waals surface area contributed by atoms with E-state index in [1.165, 1.54) is 5.69 Å². The number of nitrogens with one attached hydrogen (secondary N) is 2. The highest BCUT2D eigenvalue weighted by molar-refractivity contribution is 6.01. The predicted molar refractivity (Wildman–Crippen MR) is 152 cm³/mol. The second-order valence-corrected chi connectivity index (χ2v) is 11.5. The van der Waals surface area contributed by atoms with E-state index in [4.69, 9.17) is 0 Å². The van der Waals surface area contributed by atoms with Crippen LogP contribution in [0.2, 0.25) is 0 Å². The Morgan fingerprint density at radius 2 is 1.71 bits per heavy atom. The van der Waals surface area contributed by atoms with Gasteiger partial charge in [0.15, 0.2) is 0 Å². The van der Waals surface area contributed by atoms with Crippen LogP contribution >= 0.6 is 0 Å². The lowest BCUT2D eigenvalue weighted by Gasteiger charge is -2.38. The van der Waals surface area contributed by atoms with Crippen molar-refractivity contribution in [2.75, 3.05) is 18.0 Å². The van der Waals surface area contributed by atoms with Crippen molar-refractivity contribution in [3.05, 3.63) is 83.9 Å². The van der Waals surface area contributed by atoms with E-state index in [0.717, 1.165) is 66.5 Å². The number of piperidine rings is 1. The van der Waals surface area contributed by atoms with Crippen molar-refractivity contribution in [1.29, 1.82) is 0 Å². The molecule has 1 unspecified atom stereocenters. The summed E-state index contributed by atoms with van der Waals surface area (Å²) in [6, 6.07) is 24.6. The molecule has 1 aromatic heterocycles. The highest BCUT2D eigenvalue weighted by atomic mass is 16.3. The maximum absolute atomic E-state index is 13.3. The van der Waals surface area contributed by atoms with Crippen LogP contribution in [-0.4, -0.2) is 39.9 Å². The van der Waals surface area contributed by atoms with Gasteiger partial charge in [0.2, 0.25) is 0 Å². The molecule has 38 heavy (non-hydrogen) atoms. The number of rotatable bonds is 7. The zero-order chi connectivity index (χ0) is 26.3. The number of hydrogen-bond donors (Lipinski definition) is 3. The molecule has 3 aromatic carbocycles. The summed E-state index contributed by atoms with van der Waals surface area (Å²) in [6.45, 7) is 5.73. The van der Waals surface area contributed by atoms with E-state index >= 15 is 0 Å². The van der Waals surface area contributed by atoms with Crippen molar-refractivity contribution in [1.82, 2.24) is 15.5 Å². The van der Waals surface area contributed by atoms with Gasteiger partial charge in [0.1, 0.15) is 0 Å². The molecule has 1 amide bonds. The first-order chi connectivity index (χ1) is 18.4. The van der Waals surface area contributed by atoms with E-state index in [0.29, 0.717) is 17.4 Å². The highest BCUT2D eigenvalue weighted by Gasteiger charge is 2.34. The number of benzene rings is 3. The lowest BCUT2D eigenvalue weighted by Crippen LogP contribution is -2.41. The molecule has 0 radical (unpaired) electrons. The molecule has 2 fully saturated rings. The first-order valence-electron chi connectivity index (χ1n) is 13.8. The van der Waals surface area contributed by atoms with E-state index in [9.17, 15) is 9.90 Å². The number of carbonyl (C=O) groups excluding carboxylic acids is 1. The number of H-pyrrole nitrogens is 1. The standard InChI is InChI=1S/C32H36N4O2/c1-32(2,38)25-16-18-36(19-17-25)26-13-10-23(11-14-26)30-27-20-24(12-15-28(27)34-35-30)31(37)33-29(22-8-9-22)21-6-4-3-5-7-21/h3-7,10-15,20,22,25,29,38H,8-9,16-19H2,1-2H3,(H,33,37)(H,34,35). The maximum Gasteiger partial charge on any atom is 0.251 e. The maximum atomic E-state index is 13.3. The van der Waals surface area contributed by atoms with Crippen LogP contribution in [0.1, 0.15) is 61.5 Å². The number of aliphatic hydroxyl groups is 1. The lowest BCUT2D eigenvalue weighted by molar-refractivity contribution is 0.00651. The molecule has 1 aliphatic carbocycles. The number of amides is 1. The smallest absolute Gasteiger partial charge is 0.251 e. The van der Waals surface area contributed by atoms with Gasteiger partial charge in [-0.1, -0.05) is 42.5 Å². The minimum absolute atomic E-state index is 0.0456. The Balaban J connectivity index is 1.19. The first kappa shape index (κ1) is 24.7. The third-order valence-electron chi connectivity index (χ3n) is 8.36. The largest absolute Gasteiger partial charge is 0.390 e. The second-order valence-electron chi connectivity index (χ2n) is 11.5. The molecule has 6 heteroatoms. The van der Waals surface area contributed by atoms with Crippen LogP contribution in [0.3, 0.4) is 0 Å². The van der Waals surface area contributed by atoms with Gasteiger partial charge in [0, 0.05) is 35.3 Å². The Bertz CT molecular complexity index is 1410. The van der Waals surface area contributed by atoms with E-state index in [1.807, 2.05) is 50.2 Å². The molecular weight excluding hydrogens is 472 g/mol. The van der Waals surface area contributed by atoms with Crippen molar-refractivity contribution < 1.29 is 9.90 Å². The topological polar surface area (TPSA) is 81.2 Å². The number of fused-ring (bicyclic) bond motifs is 1. The summed E-state index contributed by atoms with van der Waals surface area (Å²) in [5, 5.41) is 22.3.